The van der Waals surface area contributed by atoms with Crippen molar-refractivity contribution in [2.75, 3.05) is 32.2 Å². The Morgan fingerprint density at radius 2 is 1.59 bits per heavy atom. The summed E-state index contributed by atoms with van der Waals surface area (Å²) in [6.07, 6.45) is 5.32. The summed E-state index contributed by atoms with van der Waals surface area (Å²) in [6, 6.07) is 12.3. The molecule has 2 aliphatic rings. The number of nitrogens with zero attached hydrogens (tertiary/aromatic N) is 2. The highest BCUT2D eigenvalue weighted by Gasteiger charge is 2.37. The first-order chi connectivity index (χ1) is 14.1. The number of amides is 2. The van der Waals surface area contributed by atoms with Gasteiger partial charge in [0.05, 0.1) is 25.5 Å². The van der Waals surface area contributed by atoms with Crippen LogP contribution in [0.4, 0.5) is 5.69 Å². The number of ether oxygens (including phenoxy) is 2. The van der Waals surface area contributed by atoms with Crippen LogP contribution >= 0.6 is 0 Å². The zero-order chi connectivity index (χ0) is 20.4. The lowest BCUT2D eigenvalue weighted by Crippen LogP contribution is -2.42. The lowest BCUT2D eigenvalue weighted by atomic mass is 9.93. The van der Waals surface area contributed by atoms with E-state index in [4.69, 9.17) is 9.47 Å². The van der Waals surface area contributed by atoms with E-state index < -0.39 is 0 Å². The SMILES string of the molecule is COc1ccc(OC)c(N2C(=O)/C(=C\N3CCCCC3)c3ccccc3C2=O)c1. The number of methoxy groups -OCH3 is 2. The molecule has 2 aromatic carbocycles. The second kappa shape index (κ2) is 7.99. The predicted octanol–water partition coefficient (Wildman–Crippen LogP) is 3.72. The fourth-order valence-corrected chi connectivity index (χ4v) is 3.90. The second-order valence-corrected chi connectivity index (χ2v) is 7.17. The first-order valence-electron chi connectivity index (χ1n) is 9.80. The molecule has 0 saturated carbocycles. The molecular formula is C23H24N2O4. The van der Waals surface area contributed by atoms with E-state index in [0.717, 1.165) is 25.9 Å². The largest absolute Gasteiger partial charge is 0.497 e. The quantitative estimate of drug-likeness (QED) is 0.586. The zero-order valence-electron chi connectivity index (χ0n) is 16.7. The van der Waals surface area contributed by atoms with Gasteiger partial charge in [-0.05, 0) is 37.5 Å². The summed E-state index contributed by atoms with van der Waals surface area (Å²) >= 11 is 0. The van der Waals surface area contributed by atoms with Gasteiger partial charge in [-0.2, -0.15) is 0 Å². The van der Waals surface area contributed by atoms with Crippen LogP contribution in [0.15, 0.2) is 48.7 Å². The van der Waals surface area contributed by atoms with Gasteiger partial charge >= 0.3 is 0 Å². The number of imide groups is 1. The van der Waals surface area contributed by atoms with Crippen molar-refractivity contribution in [1.29, 1.82) is 0 Å². The number of benzene rings is 2. The van der Waals surface area contributed by atoms with E-state index in [2.05, 4.69) is 4.90 Å². The molecule has 6 nitrogen and oxygen atoms in total. The Bertz CT molecular complexity index is 977. The van der Waals surface area contributed by atoms with Crippen LogP contribution in [0, 0.1) is 0 Å². The fourth-order valence-electron chi connectivity index (χ4n) is 3.90. The number of hydrogen-bond acceptors (Lipinski definition) is 5. The Kier molecular flexibility index (Phi) is 5.25. The standard InChI is InChI=1S/C23H24N2O4/c1-28-16-10-11-21(29-2)20(14-16)25-22(26)18-9-5-4-8-17(18)19(23(25)27)15-24-12-6-3-7-13-24/h4-5,8-11,14-15H,3,6-7,12-13H2,1-2H3/b19-15-. The van der Waals surface area contributed by atoms with Crippen molar-refractivity contribution < 1.29 is 19.1 Å². The lowest BCUT2D eigenvalue weighted by molar-refractivity contribution is -0.112. The monoisotopic (exact) mass is 392 g/mol. The highest BCUT2D eigenvalue weighted by atomic mass is 16.5. The summed E-state index contributed by atoms with van der Waals surface area (Å²) in [5.74, 6) is 0.254. The van der Waals surface area contributed by atoms with E-state index in [0.29, 0.717) is 33.9 Å². The number of likely N-dealkylation sites (tertiary alicyclic amines) is 1. The van der Waals surface area contributed by atoms with E-state index >= 15 is 0 Å². The van der Waals surface area contributed by atoms with Gasteiger partial charge in [0.25, 0.3) is 11.8 Å². The van der Waals surface area contributed by atoms with E-state index in [1.165, 1.54) is 18.4 Å². The van der Waals surface area contributed by atoms with Gasteiger partial charge in [-0.25, -0.2) is 4.90 Å². The normalized spacial score (nSPS) is 18.1. The second-order valence-electron chi connectivity index (χ2n) is 7.17. The van der Waals surface area contributed by atoms with E-state index in [-0.39, 0.29) is 11.8 Å². The van der Waals surface area contributed by atoms with Crippen LogP contribution in [0.5, 0.6) is 11.5 Å². The molecule has 1 fully saturated rings. The number of carbonyl (C=O) groups excluding carboxylic acids is 2. The zero-order valence-corrected chi connectivity index (χ0v) is 16.7. The minimum absolute atomic E-state index is 0.356. The Hall–Kier alpha value is -3.28. The van der Waals surface area contributed by atoms with Gasteiger partial charge in [-0.15, -0.1) is 0 Å². The molecule has 29 heavy (non-hydrogen) atoms. The summed E-state index contributed by atoms with van der Waals surface area (Å²) < 4.78 is 10.7. The number of rotatable bonds is 4. The Morgan fingerprint density at radius 3 is 2.28 bits per heavy atom. The molecule has 0 aliphatic carbocycles. The van der Waals surface area contributed by atoms with Crippen molar-refractivity contribution in [3.63, 3.8) is 0 Å². The molecule has 0 atom stereocenters. The van der Waals surface area contributed by atoms with Crippen LogP contribution in [0.25, 0.3) is 5.57 Å². The van der Waals surface area contributed by atoms with Crippen LogP contribution in [-0.4, -0.2) is 44.0 Å². The predicted molar refractivity (Wildman–Crippen MR) is 111 cm³/mol. The van der Waals surface area contributed by atoms with Gasteiger partial charge in [-0.3, -0.25) is 9.59 Å². The van der Waals surface area contributed by atoms with E-state index in [1.54, 1.807) is 31.4 Å². The molecule has 0 radical (unpaired) electrons. The molecule has 0 aromatic heterocycles. The number of fused-ring (bicyclic) bond motifs is 1. The van der Waals surface area contributed by atoms with Gasteiger partial charge in [0.1, 0.15) is 11.5 Å². The van der Waals surface area contributed by atoms with Crippen LogP contribution in [0.1, 0.15) is 35.2 Å². The first kappa shape index (κ1) is 19.1. The van der Waals surface area contributed by atoms with Crippen molar-refractivity contribution >= 4 is 23.1 Å². The highest BCUT2D eigenvalue weighted by molar-refractivity contribution is 6.41. The third-order valence-corrected chi connectivity index (χ3v) is 5.41. The molecule has 0 N–H and O–H groups in total. The molecule has 2 aliphatic heterocycles. The van der Waals surface area contributed by atoms with Crippen molar-refractivity contribution in [2.45, 2.75) is 19.3 Å². The maximum absolute atomic E-state index is 13.6. The molecule has 2 amide bonds. The summed E-state index contributed by atoms with van der Waals surface area (Å²) in [5.41, 5.74) is 2.07. The highest BCUT2D eigenvalue weighted by Crippen LogP contribution is 2.38. The fraction of sp³-hybridized carbons (Fsp3) is 0.304. The van der Waals surface area contributed by atoms with Crippen molar-refractivity contribution in [3.8, 4) is 11.5 Å². The maximum atomic E-state index is 13.6. The third kappa shape index (κ3) is 3.46. The molecule has 1 saturated heterocycles. The third-order valence-electron chi connectivity index (χ3n) is 5.41. The van der Waals surface area contributed by atoms with Crippen LogP contribution in [-0.2, 0) is 4.79 Å². The van der Waals surface area contributed by atoms with Crippen molar-refractivity contribution in [1.82, 2.24) is 4.90 Å². The minimum atomic E-state index is -0.368. The van der Waals surface area contributed by atoms with Gasteiger partial charge in [0, 0.05) is 36.5 Å². The van der Waals surface area contributed by atoms with Gasteiger partial charge in [0.15, 0.2) is 0 Å². The summed E-state index contributed by atoms with van der Waals surface area (Å²) in [5, 5.41) is 0. The van der Waals surface area contributed by atoms with Crippen molar-refractivity contribution in [2.24, 2.45) is 0 Å². The molecule has 4 rings (SSSR count). The van der Waals surface area contributed by atoms with Gasteiger partial charge in [-0.1, -0.05) is 18.2 Å². The molecule has 0 bridgehead atoms. The Morgan fingerprint density at radius 1 is 0.862 bits per heavy atom. The molecule has 6 heteroatoms. The smallest absolute Gasteiger partial charge is 0.267 e. The number of piperidine rings is 1. The number of carbonyl (C=O) groups is 2. The Labute approximate surface area is 170 Å². The average molecular weight is 392 g/mol. The summed E-state index contributed by atoms with van der Waals surface area (Å²) in [7, 11) is 3.06. The topological polar surface area (TPSA) is 59.1 Å². The van der Waals surface area contributed by atoms with Crippen LogP contribution in [0.2, 0.25) is 0 Å². The minimum Gasteiger partial charge on any atom is -0.497 e. The van der Waals surface area contributed by atoms with Gasteiger partial charge < -0.3 is 14.4 Å². The van der Waals surface area contributed by atoms with Crippen molar-refractivity contribution in [3.05, 3.63) is 59.8 Å². The molecule has 0 spiro atoms. The lowest BCUT2D eigenvalue weighted by Gasteiger charge is -2.32. The van der Waals surface area contributed by atoms with Crippen LogP contribution in [0.3, 0.4) is 0 Å². The summed E-state index contributed by atoms with van der Waals surface area (Å²) in [6.45, 7) is 1.82. The van der Waals surface area contributed by atoms with Crippen LogP contribution < -0.4 is 14.4 Å². The van der Waals surface area contributed by atoms with Gasteiger partial charge in [0.2, 0.25) is 0 Å². The molecule has 2 aromatic rings. The first-order valence-corrected chi connectivity index (χ1v) is 9.80. The van der Waals surface area contributed by atoms with E-state index in [1.807, 2.05) is 24.4 Å². The average Bonchev–Trinajstić information content (AvgIpc) is 2.77. The Balaban J connectivity index is 1.86. The maximum Gasteiger partial charge on any atom is 0.267 e. The number of anilines is 1. The number of hydrogen-bond donors (Lipinski definition) is 0. The molecular weight excluding hydrogens is 368 g/mol. The summed E-state index contributed by atoms with van der Waals surface area (Å²) in [4.78, 5) is 30.2. The van der Waals surface area contributed by atoms with E-state index in [9.17, 15) is 9.59 Å². The molecule has 2 heterocycles. The molecule has 0 unspecified atom stereocenters. The molecule has 150 valence electrons.